The summed E-state index contributed by atoms with van der Waals surface area (Å²) in [6.07, 6.45) is 0. The summed E-state index contributed by atoms with van der Waals surface area (Å²) < 4.78 is 29.2. The Morgan fingerprint density at radius 2 is 1.62 bits per heavy atom. The Morgan fingerprint density at radius 3 is 2.22 bits per heavy atom. The van der Waals surface area contributed by atoms with Crippen LogP contribution in [0.15, 0.2) is 82.2 Å². The Bertz CT molecular complexity index is 1360. The number of halogens is 3. The molecule has 3 aromatic rings. The molecule has 11 heteroatoms. The minimum Gasteiger partial charge on any atom is -0.355 e. The van der Waals surface area contributed by atoms with Crippen LogP contribution in [0.1, 0.15) is 19.4 Å². The molecule has 0 unspecified atom stereocenters. The van der Waals surface area contributed by atoms with Crippen LogP contribution in [0, 0.1) is 0 Å². The molecule has 0 bridgehead atoms. The smallest absolute Gasteiger partial charge is 0.264 e. The molecule has 3 aromatic carbocycles. The molecule has 0 saturated heterocycles. The van der Waals surface area contributed by atoms with E-state index in [4.69, 9.17) is 23.2 Å². The number of amides is 2. The summed E-state index contributed by atoms with van der Waals surface area (Å²) in [7, 11) is -4.17. The SMILES string of the molecule is CCNC(=O)[C@@H](C)N(Cc1ccc(Br)cc1)C(=O)CN(c1ccc(Cl)c(Cl)c1)S(=O)(=O)c1ccccc1. The zero-order valence-electron chi connectivity index (χ0n) is 20.2. The fourth-order valence-corrected chi connectivity index (χ4v) is 5.56. The van der Waals surface area contributed by atoms with Crippen molar-refractivity contribution >= 4 is 66.7 Å². The molecule has 3 rings (SSSR count). The van der Waals surface area contributed by atoms with Crippen LogP contribution in [0.5, 0.6) is 0 Å². The zero-order valence-corrected chi connectivity index (χ0v) is 24.1. The van der Waals surface area contributed by atoms with E-state index in [1.165, 1.54) is 35.2 Å². The van der Waals surface area contributed by atoms with Crippen LogP contribution in [-0.2, 0) is 26.2 Å². The summed E-state index contributed by atoms with van der Waals surface area (Å²) in [5.74, 6) is -0.910. The van der Waals surface area contributed by atoms with Gasteiger partial charge in [0.15, 0.2) is 0 Å². The fourth-order valence-electron chi connectivity index (χ4n) is 3.58. The minimum atomic E-state index is -4.17. The molecule has 0 aromatic heterocycles. The molecule has 0 aliphatic heterocycles. The fraction of sp³-hybridized carbons (Fsp3) is 0.231. The number of likely N-dealkylation sites (N-methyl/N-ethyl adjacent to an activating group) is 1. The van der Waals surface area contributed by atoms with Gasteiger partial charge in [0.25, 0.3) is 10.0 Å². The van der Waals surface area contributed by atoms with Crippen molar-refractivity contribution in [3.05, 3.63) is 92.9 Å². The third kappa shape index (κ3) is 7.25. The molecule has 196 valence electrons. The van der Waals surface area contributed by atoms with Crippen LogP contribution in [-0.4, -0.2) is 44.3 Å². The molecule has 0 aliphatic rings. The van der Waals surface area contributed by atoms with Crippen molar-refractivity contribution in [2.45, 2.75) is 31.3 Å². The number of nitrogens with zero attached hydrogens (tertiary/aromatic N) is 2. The topological polar surface area (TPSA) is 86.8 Å². The molecule has 37 heavy (non-hydrogen) atoms. The van der Waals surface area contributed by atoms with Crippen LogP contribution >= 0.6 is 39.1 Å². The van der Waals surface area contributed by atoms with Crippen molar-refractivity contribution < 1.29 is 18.0 Å². The standard InChI is InChI=1S/C26H26BrCl2N3O4S/c1-3-30-26(34)18(2)31(16-19-9-11-20(27)12-10-19)25(33)17-32(21-13-14-23(28)24(29)15-21)37(35,36)22-7-5-4-6-8-22/h4-15,18H,3,16-17H2,1-2H3,(H,30,34)/t18-/m1/s1. The van der Waals surface area contributed by atoms with Gasteiger partial charge in [-0.2, -0.15) is 0 Å². The second-order valence-electron chi connectivity index (χ2n) is 8.14. The number of benzene rings is 3. The Hall–Kier alpha value is -2.59. The molecule has 1 N–H and O–H groups in total. The van der Waals surface area contributed by atoms with E-state index in [0.29, 0.717) is 6.54 Å². The van der Waals surface area contributed by atoms with Crippen molar-refractivity contribution in [2.75, 3.05) is 17.4 Å². The van der Waals surface area contributed by atoms with Gasteiger partial charge in [0, 0.05) is 17.6 Å². The maximum Gasteiger partial charge on any atom is 0.264 e. The predicted molar refractivity (Wildman–Crippen MR) is 150 cm³/mol. The average Bonchev–Trinajstić information content (AvgIpc) is 2.88. The van der Waals surface area contributed by atoms with Crippen molar-refractivity contribution in [3.8, 4) is 0 Å². The quantitative estimate of drug-likeness (QED) is 0.322. The van der Waals surface area contributed by atoms with Crippen molar-refractivity contribution in [2.24, 2.45) is 0 Å². The van der Waals surface area contributed by atoms with E-state index >= 15 is 0 Å². The van der Waals surface area contributed by atoms with Gasteiger partial charge in [-0.3, -0.25) is 13.9 Å². The summed E-state index contributed by atoms with van der Waals surface area (Å²) in [5.41, 5.74) is 0.945. The Morgan fingerprint density at radius 1 is 0.973 bits per heavy atom. The van der Waals surface area contributed by atoms with Crippen molar-refractivity contribution in [1.82, 2.24) is 10.2 Å². The summed E-state index contributed by atoms with van der Waals surface area (Å²) in [6.45, 7) is 3.32. The number of hydrogen-bond donors (Lipinski definition) is 1. The highest BCUT2D eigenvalue weighted by molar-refractivity contribution is 9.10. The van der Waals surface area contributed by atoms with Gasteiger partial charge in [-0.25, -0.2) is 8.42 Å². The summed E-state index contributed by atoms with van der Waals surface area (Å²) in [6, 6.07) is 18.6. The van der Waals surface area contributed by atoms with Gasteiger partial charge < -0.3 is 10.2 Å². The average molecular weight is 627 g/mol. The second kappa shape index (κ2) is 12.8. The first-order valence-electron chi connectivity index (χ1n) is 11.4. The molecular formula is C26H26BrCl2N3O4S. The molecule has 0 spiro atoms. The van der Waals surface area contributed by atoms with E-state index < -0.39 is 28.5 Å². The highest BCUT2D eigenvalue weighted by Crippen LogP contribution is 2.31. The lowest BCUT2D eigenvalue weighted by Crippen LogP contribution is -2.51. The lowest BCUT2D eigenvalue weighted by Gasteiger charge is -2.32. The number of carbonyl (C=O) groups excluding carboxylic acids is 2. The third-order valence-electron chi connectivity index (χ3n) is 5.59. The highest BCUT2D eigenvalue weighted by atomic mass is 79.9. The number of anilines is 1. The number of nitrogens with one attached hydrogen (secondary N) is 1. The van der Waals surface area contributed by atoms with E-state index in [1.54, 1.807) is 32.0 Å². The summed E-state index contributed by atoms with van der Waals surface area (Å²) in [5, 5.41) is 3.11. The maximum absolute atomic E-state index is 13.7. The molecule has 0 heterocycles. The lowest BCUT2D eigenvalue weighted by molar-refractivity contribution is -0.139. The largest absolute Gasteiger partial charge is 0.355 e. The highest BCUT2D eigenvalue weighted by Gasteiger charge is 2.32. The van der Waals surface area contributed by atoms with Crippen LogP contribution in [0.2, 0.25) is 10.0 Å². The molecular weight excluding hydrogens is 601 g/mol. The first-order valence-corrected chi connectivity index (χ1v) is 14.4. The van der Waals surface area contributed by atoms with Crippen LogP contribution in [0.25, 0.3) is 0 Å². The predicted octanol–water partition coefficient (Wildman–Crippen LogP) is 5.50. The normalized spacial score (nSPS) is 12.0. The molecule has 0 radical (unpaired) electrons. The minimum absolute atomic E-state index is 0.00473. The third-order valence-corrected chi connectivity index (χ3v) is 8.64. The van der Waals surface area contributed by atoms with Crippen molar-refractivity contribution in [1.29, 1.82) is 0 Å². The number of carbonyl (C=O) groups is 2. The number of hydrogen-bond acceptors (Lipinski definition) is 4. The van der Waals surface area contributed by atoms with Gasteiger partial charge in [-0.1, -0.05) is 69.5 Å². The van der Waals surface area contributed by atoms with Gasteiger partial charge in [0.2, 0.25) is 11.8 Å². The van der Waals surface area contributed by atoms with Crippen LogP contribution in [0.3, 0.4) is 0 Å². The van der Waals surface area contributed by atoms with Gasteiger partial charge in [0.05, 0.1) is 20.6 Å². The Kier molecular flexibility index (Phi) is 10.0. The summed E-state index contributed by atoms with van der Waals surface area (Å²) >= 11 is 15.6. The molecule has 0 aliphatic carbocycles. The molecule has 7 nitrogen and oxygen atoms in total. The molecule has 1 atom stereocenters. The van der Waals surface area contributed by atoms with Crippen molar-refractivity contribution in [3.63, 3.8) is 0 Å². The monoisotopic (exact) mass is 625 g/mol. The van der Waals surface area contributed by atoms with E-state index in [2.05, 4.69) is 21.2 Å². The zero-order chi connectivity index (χ0) is 27.2. The van der Waals surface area contributed by atoms with Gasteiger partial charge in [-0.05, 0) is 61.9 Å². The van der Waals surface area contributed by atoms with Gasteiger partial charge in [-0.15, -0.1) is 0 Å². The van der Waals surface area contributed by atoms with E-state index in [-0.39, 0.29) is 33.1 Å². The van der Waals surface area contributed by atoms with E-state index in [1.807, 2.05) is 24.3 Å². The van der Waals surface area contributed by atoms with Crippen LogP contribution < -0.4 is 9.62 Å². The first-order chi connectivity index (χ1) is 17.5. The molecule has 2 amide bonds. The molecule has 0 saturated carbocycles. The Balaban J connectivity index is 2.03. The maximum atomic E-state index is 13.7. The van der Waals surface area contributed by atoms with Crippen LogP contribution in [0.4, 0.5) is 5.69 Å². The number of rotatable bonds is 10. The molecule has 0 fully saturated rings. The first kappa shape index (κ1) is 29.0. The second-order valence-corrected chi connectivity index (χ2v) is 11.7. The summed E-state index contributed by atoms with van der Waals surface area (Å²) in [4.78, 5) is 27.8. The van der Waals surface area contributed by atoms with Gasteiger partial charge >= 0.3 is 0 Å². The van der Waals surface area contributed by atoms with Gasteiger partial charge in [0.1, 0.15) is 12.6 Å². The number of sulfonamides is 1. The van der Waals surface area contributed by atoms with E-state index in [9.17, 15) is 18.0 Å². The lowest BCUT2D eigenvalue weighted by atomic mass is 10.1. The Labute approximate surface area is 235 Å². The van der Waals surface area contributed by atoms with E-state index in [0.717, 1.165) is 14.3 Å².